The molecule has 4 rings (SSSR count). The highest BCUT2D eigenvalue weighted by Crippen LogP contribution is 2.18. The first-order chi connectivity index (χ1) is 20.3. The van der Waals surface area contributed by atoms with Crippen LogP contribution >= 0.6 is 11.3 Å². The number of carbonyl (C=O) groups is 2. The third-order valence-electron chi connectivity index (χ3n) is 6.07. The number of unbranched alkanes of at least 4 members (excludes halogenated alkanes) is 1. The second kappa shape index (κ2) is 15.2. The molecule has 0 radical (unpaired) electrons. The molecule has 0 saturated heterocycles. The molecule has 11 nitrogen and oxygen atoms in total. The topological polar surface area (TPSA) is 175 Å². The van der Waals surface area contributed by atoms with E-state index in [1.165, 1.54) is 11.3 Å². The molecule has 2 aromatic heterocycles. The summed E-state index contributed by atoms with van der Waals surface area (Å²) >= 11 is 1.38. The van der Waals surface area contributed by atoms with Crippen LogP contribution in [0.5, 0.6) is 0 Å². The monoisotopic (exact) mass is 586 g/mol. The SMILES string of the molecule is Cc1noc(Cc2cccc(CC(=O)N/C(N)=C/C=C(\N)CCCCc3nnc(NC(=O)Cc4ccccc4)s3)c2)n1. The third kappa shape index (κ3) is 10.3. The maximum Gasteiger partial charge on any atom is 0.231 e. The molecule has 0 unspecified atom stereocenters. The second-order valence-corrected chi connectivity index (χ2v) is 10.8. The highest BCUT2D eigenvalue weighted by Gasteiger charge is 2.10. The molecule has 0 aliphatic heterocycles. The van der Waals surface area contributed by atoms with Crippen molar-refractivity contribution in [3.05, 3.63) is 112 Å². The molecule has 12 heteroatoms. The van der Waals surface area contributed by atoms with Crippen molar-refractivity contribution in [2.24, 2.45) is 11.5 Å². The first kappa shape index (κ1) is 30.1. The number of hydrogen-bond acceptors (Lipinski definition) is 10. The van der Waals surface area contributed by atoms with Crippen LogP contribution in [0.25, 0.3) is 0 Å². The largest absolute Gasteiger partial charge is 0.402 e. The van der Waals surface area contributed by atoms with E-state index in [9.17, 15) is 9.59 Å². The standard InChI is InChI=1S/C30H34N8O3S/c1-20-33-28(41-38-20)19-23-11-7-10-22(16-23)18-26(39)34-25(32)15-14-24(31)12-5-6-13-29-36-37-30(42-29)35-27(40)17-21-8-3-2-4-9-21/h2-4,7-11,14-16H,5-6,12-13,17-19,31-32H2,1H3,(H,34,39)(H,35,37,40)/b24-14-,25-15+. The Kier molecular flexibility index (Phi) is 10.9. The lowest BCUT2D eigenvalue weighted by molar-refractivity contribution is -0.119. The summed E-state index contributed by atoms with van der Waals surface area (Å²) in [5.41, 5.74) is 15.5. The van der Waals surface area contributed by atoms with Gasteiger partial charge in [-0.1, -0.05) is 71.1 Å². The molecule has 0 aliphatic rings. The van der Waals surface area contributed by atoms with Crippen molar-refractivity contribution < 1.29 is 14.1 Å². The summed E-state index contributed by atoms with van der Waals surface area (Å²) in [5.74, 6) is 0.986. The molecule has 2 heterocycles. The molecular weight excluding hydrogens is 552 g/mol. The van der Waals surface area contributed by atoms with Crippen molar-refractivity contribution in [2.45, 2.75) is 51.9 Å². The highest BCUT2D eigenvalue weighted by atomic mass is 32.1. The number of anilines is 1. The minimum atomic E-state index is -0.228. The van der Waals surface area contributed by atoms with Crippen molar-refractivity contribution >= 4 is 28.3 Å². The van der Waals surface area contributed by atoms with E-state index < -0.39 is 0 Å². The van der Waals surface area contributed by atoms with E-state index in [1.807, 2.05) is 54.6 Å². The number of allylic oxidation sites excluding steroid dienone is 3. The number of aryl methyl sites for hydroxylation is 2. The Morgan fingerprint density at radius 1 is 0.929 bits per heavy atom. The minimum Gasteiger partial charge on any atom is -0.402 e. The van der Waals surface area contributed by atoms with Gasteiger partial charge in [0, 0.05) is 12.1 Å². The Morgan fingerprint density at radius 2 is 1.69 bits per heavy atom. The van der Waals surface area contributed by atoms with Gasteiger partial charge in [-0.2, -0.15) is 4.98 Å². The highest BCUT2D eigenvalue weighted by molar-refractivity contribution is 7.15. The number of nitrogens with one attached hydrogen (secondary N) is 2. The van der Waals surface area contributed by atoms with E-state index in [4.69, 9.17) is 16.0 Å². The van der Waals surface area contributed by atoms with Crippen LogP contribution in [-0.4, -0.2) is 32.2 Å². The lowest BCUT2D eigenvalue weighted by Crippen LogP contribution is -2.28. The number of aromatic nitrogens is 4. The molecule has 218 valence electrons. The molecule has 2 amide bonds. The van der Waals surface area contributed by atoms with Crippen LogP contribution in [-0.2, 0) is 35.3 Å². The fourth-order valence-electron chi connectivity index (χ4n) is 4.10. The van der Waals surface area contributed by atoms with Crippen LogP contribution in [0.1, 0.15) is 52.7 Å². The van der Waals surface area contributed by atoms with E-state index in [0.717, 1.165) is 41.0 Å². The van der Waals surface area contributed by atoms with Gasteiger partial charge in [0.2, 0.25) is 22.8 Å². The molecule has 42 heavy (non-hydrogen) atoms. The van der Waals surface area contributed by atoms with Crippen molar-refractivity contribution in [3.8, 4) is 0 Å². The maximum atomic E-state index is 12.5. The van der Waals surface area contributed by atoms with Gasteiger partial charge in [-0.15, -0.1) is 10.2 Å². The number of amides is 2. The zero-order valence-electron chi connectivity index (χ0n) is 23.4. The van der Waals surface area contributed by atoms with Gasteiger partial charge in [-0.25, -0.2) is 0 Å². The molecular formula is C30H34N8O3S. The molecule has 0 spiro atoms. The number of hydrogen-bond donors (Lipinski definition) is 4. The number of carbonyl (C=O) groups excluding carboxylic acids is 2. The minimum absolute atomic E-state index is 0.119. The molecule has 4 aromatic rings. The summed E-state index contributed by atoms with van der Waals surface area (Å²) in [6.45, 7) is 1.77. The smallest absolute Gasteiger partial charge is 0.231 e. The zero-order valence-corrected chi connectivity index (χ0v) is 24.2. The van der Waals surface area contributed by atoms with Gasteiger partial charge in [0.1, 0.15) is 10.8 Å². The second-order valence-electron chi connectivity index (χ2n) is 9.74. The lowest BCUT2D eigenvalue weighted by atomic mass is 10.1. The zero-order chi connectivity index (χ0) is 29.7. The Labute approximate surface area is 248 Å². The summed E-state index contributed by atoms with van der Waals surface area (Å²) in [6.07, 6.45) is 7.38. The van der Waals surface area contributed by atoms with Crippen LogP contribution in [0.3, 0.4) is 0 Å². The van der Waals surface area contributed by atoms with Crippen molar-refractivity contribution in [1.82, 2.24) is 25.7 Å². The van der Waals surface area contributed by atoms with E-state index in [-0.39, 0.29) is 24.1 Å². The van der Waals surface area contributed by atoms with Crippen molar-refractivity contribution in [1.29, 1.82) is 0 Å². The molecule has 6 N–H and O–H groups in total. The molecule has 0 aliphatic carbocycles. The average Bonchev–Trinajstić information content (AvgIpc) is 3.58. The summed E-state index contributed by atoms with van der Waals surface area (Å²) in [7, 11) is 0. The molecule has 0 saturated carbocycles. The van der Waals surface area contributed by atoms with Crippen LogP contribution in [0.2, 0.25) is 0 Å². The van der Waals surface area contributed by atoms with Gasteiger partial charge in [0.15, 0.2) is 5.82 Å². The van der Waals surface area contributed by atoms with Crippen molar-refractivity contribution in [3.63, 3.8) is 0 Å². The fourth-order valence-corrected chi connectivity index (χ4v) is 4.90. The van der Waals surface area contributed by atoms with Gasteiger partial charge >= 0.3 is 0 Å². The van der Waals surface area contributed by atoms with Crippen LogP contribution in [0.4, 0.5) is 5.13 Å². The van der Waals surface area contributed by atoms with Gasteiger partial charge in [-0.3, -0.25) is 9.59 Å². The van der Waals surface area contributed by atoms with Gasteiger partial charge in [0.05, 0.1) is 19.3 Å². The van der Waals surface area contributed by atoms with Crippen molar-refractivity contribution in [2.75, 3.05) is 5.32 Å². The molecule has 0 fully saturated rings. The lowest BCUT2D eigenvalue weighted by Gasteiger charge is -2.06. The average molecular weight is 587 g/mol. The Balaban J connectivity index is 1.14. The fraction of sp³-hybridized carbons (Fsp3) is 0.267. The Hall–Kier alpha value is -4.84. The Bertz CT molecular complexity index is 1540. The number of nitrogens with zero attached hydrogens (tertiary/aromatic N) is 4. The molecule has 0 bridgehead atoms. The summed E-state index contributed by atoms with van der Waals surface area (Å²) in [4.78, 5) is 28.9. The summed E-state index contributed by atoms with van der Waals surface area (Å²) < 4.78 is 5.17. The van der Waals surface area contributed by atoms with E-state index in [0.29, 0.717) is 41.8 Å². The van der Waals surface area contributed by atoms with Gasteiger partial charge in [0.25, 0.3) is 0 Å². The van der Waals surface area contributed by atoms with Gasteiger partial charge < -0.3 is 26.6 Å². The number of benzene rings is 2. The molecule has 2 aromatic carbocycles. The quantitative estimate of drug-likeness (QED) is 0.127. The Morgan fingerprint density at radius 3 is 2.48 bits per heavy atom. The summed E-state index contributed by atoms with van der Waals surface area (Å²) in [6, 6.07) is 17.2. The number of rotatable bonds is 14. The van der Waals surface area contributed by atoms with Crippen LogP contribution < -0.4 is 22.1 Å². The van der Waals surface area contributed by atoms with Crippen LogP contribution in [0.15, 0.2) is 82.8 Å². The normalized spacial score (nSPS) is 11.8. The third-order valence-corrected chi connectivity index (χ3v) is 6.97. The van der Waals surface area contributed by atoms with Crippen LogP contribution in [0, 0.1) is 6.92 Å². The van der Waals surface area contributed by atoms with E-state index >= 15 is 0 Å². The predicted molar refractivity (Wildman–Crippen MR) is 161 cm³/mol. The van der Waals surface area contributed by atoms with Gasteiger partial charge in [-0.05, 0) is 55.0 Å². The number of nitrogens with two attached hydrogens (primary N) is 2. The maximum absolute atomic E-state index is 12.5. The van der Waals surface area contributed by atoms with E-state index in [1.54, 1.807) is 19.1 Å². The summed E-state index contributed by atoms with van der Waals surface area (Å²) in [5, 5.41) is 18.9. The first-order valence-electron chi connectivity index (χ1n) is 13.6. The van der Waals surface area contributed by atoms with E-state index in [2.05, 4.69) is 31.0 Å². The predicted octanol–water partition coefficient (Wildman–Crippen LogP) is 3.72. The molecule has 0 atom stereocenters. The first-order valence-corrected chi connectivity index (χ1v) is 14.4.